The molecule has 19 heavy (non-hydrogen) atoms. The molecule has 0 unspecified atom stereocenters. The molecule has 3 heteroatoms. The Morgan fingerprint density at radius 3 is 2.68 bits per heavy atom. The van der Waals surface area contributed by atoms with Crippen LogP contribution >= 0.6 is 0 Å². The predicted molar refractivity (Wildman–Crippen MR) is 75.7 cm³/mol. The van der Waals surface area contributed by atoms with Gasteiger partial charge in [-0.05, 0) is 32.3 Å². The SMILES string of the molecule is CCCC(=O)N1[C@@H](Cc2ccccc2)COC1(C)C. The van der Waals surface area contributed by atoms with E-state index in [4.69, 9.17) is 4.74 Å². The van der Waals surface area contributed by atoms with Gasteiger partial charge in [0.25, 0.3) is 0 Å². The lowest BCUT2D eigenvalue weighted by molar-refractivity contribution is -0.146. The Kier molecular flexibility index (Phi) is 4.25. The van der Waals surface area contributed by atoms with Crippen LogP contribution in [0.1, 0.15) is 39.2 Å². The number of hydrogen-bond acceptors (Lipinski definition) is 2. The third kappa shape index (κ3) is 3.16. The first-order valence-corrected chi connectivity index (χ1v) is 7.04. The molecule has 0 N–H and O–H groups in total. The molecule has 0 aromatic heterocycles. The number of ether oxygens (including phenoxy) is 1. The molecule has 1 fully saturated rings. The fraction of sp³-hybridized carbons (Fsp3) is 0.562. The zero-order chi connectivity index (χ0) is 13.9. The first-order valence-electron chi connectivity index (χ1n) is 7.04. The third-order valence-corrected chi connectivity index (χ3v) is 3.62. The second-order valence-electron chi connectivity index (χ2n) is 5.62. The highest BCUT2D eigenvalue weighted by molar-refractivity contribution is 5.77. The van der Waals surface area contributed by atoms with E-state index in [0.717, 1.165) is 12.8 Å². The van der Waals surface area contributed by atoms with Crippen molar-refractivity contribution in [2.24, 2.45) is 0 Å². The van der Waals surface area contributed by atoms with Gasteiger partial charge >= 0.3 is 0 Å². The van der Waals surface area contributed by atoms with Crippen LogP contribution in [0, 0.1) is 0 Å². The molecule has 3 nitrogen and oxygen atoms in total. The molecule has 1 aromatic rings. The number of nitrogens with zero attached hydrogens (tertiary/aromatic N) is 1. The molecule has 1 atom stereocenters. The summed E-state index contributed by atoms with van der Waals surface area (Å²) < 4.78 is 5.81. The predicted octanol–water partition coefficient (Wildman–Crippen LogP) is 2.99. The van der Waals surface area contributed by atoms with E-state index in [9.17, 15) is 4.79 Å². The third-order valence-electron chi connectivity index (χ3n) is 3.62. The first kappa shape index (κ1) is 14.1. The highest BCUT2D eigenvalue weighted by Gasteiger charge is 2.42. The Balaban J connectivity index is 2.13. The highest BCUT2D eigenvalue weighted by Crippen LogP contribution is 2.30. The van der Waals surface area contributed by atoms with E-state index >= 15 is 0 Å². The second kappa shape index (κ2) is 5.74. The molecule has 0 spiro atoms. The lowest BCUT2D eigenvalue weighted by Gasteiger charge is -2.34. The molecule has 1 heterocycles. The maximum absolute atomic E-state index is 12.3. The van der Waals surface area contributed by atoms with Gasteiger partial charge in [-0.15, -0.1) is 0 Å². The van der Waals surface area contributed by atoms with Crippen LogP contribution in [0.5, 0.6) is 0 Å². The summed E-state index contributed by atoms with van der Waals surface area (Å²) in [7, 11) is 0. The van der Waals surface area contributed by atoms with Crippen LogP contribution in [0.15, 0.2) is 30.3 Å². The summed E-state index contributed by atoms with van der Waals surface area (Å²) in [6.07, 6.45) is 2.33. The topological polar surface area (TPSA) is 29.5 Å². The Bertz CT molecular complexity index is 428. The molecule has 0 radical (unpaired) electrons. The van der Waals surface area contributed by atoms with Crippen LogP contribution in [0.3, 0.4) is 0 Å². The van der Waals surface area contributed by atoms with E-state index in [0.29, 0.717) is 13.0 Å². The highest BCUT2D eigenvalue weighted by atomic mass is 16.5. The number of carbonyl (C=O) groups is 1. The lowest BCUT2D eigenvalue weighted by atomic mass is 10.0. The van der Waals surface area contributed by atoms with Crippen LogP contribution in [0.4, 0.5) is 0 Å². The fourth-order valence-electron chi connectivity index (χ4n) is 2.76. The summed E-state index contributed by atoms with van der Waals surface area (Å²) in [5.74, 6) is 0.200. The number of amides is 1. The zero-order valence-electron chi connectivity index (χ0n) is 12.1. The second-order valence-corrected chi connectivity index (χ2v) is 5.62. The molecule has 1 saturated heterocycles. The largest absolute Gasteiger partial charge is 0.354 e. The van der Waals surface area contributed by atoms with E-state index in [1.807, 2.05) is 43.9 Å². The summed E-state index contributed by atoms with van der Waals surface area (Å²) in [6, 6.07) is 10.4. The summed E-state index contributed by atoms with van der Waals surface area (Å²) in [6.45, 7) is 6.61. The Hall–Kier alpha value is -1.35. The van der Waals surface area contributed by atoms with Crippen molar-refractivity contribution >= 4 is 5.91 Å². The minimum Gasteiger partial charge on any atom is -0.354 e. The minimum absolute atomic E-state index is 0.149. The van der Waals surface area contributed by atoms with Gasteiger partial charge in [0.2, 0.25) is 5.91 Å². The van der Waals surface area contributed by atoms with Crippen LogP contribution in [0.2, 0.25) is 0 Å². The summed E-state index contributed by atoms with van der Waals surface area (Å²) in [5.41, 5.74) is 0.772. The molecular weight excluding hydrogens is 238 g/mol. The van der Waals surface area contributed by atoms with Gasteiger partial charge in [-0.25, -0.2) is 0 Å². The first-order chi connectivity index (χ1) is 9.04. The summed E-state index contributed by atoms with van der Waals surface area (Å²) in [4.78, 5) is 14.2. The van der Waals surface area contributed by atoms with Crippen LogP contribution in [-0.4, -0.2) is 29.2 Å². The van der Waals surface area contributed by atoms with E-state index in [1.54, 1.807) is 0 Å². The van der Waals surface area contributed by atoms with Crippen molar-refractivity contribution in [1.29, 1.82) is 0 Å². The van der Waals surface area contributed by atoms with Gasteiger partial charge in [0.1, 0.15) is 5.72 Å². The molecule has 0 bridgehead atoms. The molecule has 104 valence electrons. The lowest BCUT2D eigenvalue weighted by Crippen LogP contribution is -2.48. The van der Waals surface area contributed by atoms with Gasteiger partial charge < -0.3 is 9.64 Å². The fourth-order valence-corrected chi connectivity index (χ4v) is 2.76. The van der Waals surface area contributed by atoms with Gasteiger partial charge in [-0.2, -0.15) is 0 Å². The van der Waals surface area contributed by atoms with Gasteiger partial charge in [0, 0.05) is 6.42 Å². The van der Waals surface area contributed by atoms with Crippen molar-refractivity contribution in [2.75, 3.05) is 6.61 Å². The van der Waals surface area contributed by atoms with Gasteiger partial charge in [0.15, 0.2) is 0 Å². The van der Waals surface area contributed by atoms with Crippen molar-refractivity contribution in [3.63, 3.8) is 0 Å². The molecule has 1 amide bonds. The van der Waals surface area contributed by atoms with Gasteiger partial charge in [0.05, 0.1) is 12.6 Å². The summed E-state index contributed by atoms with van der Waals surface area (Å²) in [5, 5.41) is 0. The van der Waals surface area contributed by atoms with Crippen molar-refractivity contribution in [1.82, 2.24) is 4.90 Å². The maximum atomic E-state index is 12.3. The monoisotopic (exact) mass is 261 g/mol. The van der Waals surface area contributed by atoms with Crippen molar-refractivity contribution in [3.8, 4) is 0 Å². The van der Waals surface area contributed by atoms with E-state index in [1.165, 1.54) is 5.56 Å². The Morgan fingerprint density at radius 1 is 1.37 bits per heavy atom. The quantitative estimate of drug-likeness (QED) is 0.834. The molecule has 1 aliphatic rings. The number of carbonyl (C=O) groups excluding carboxylic acids is 1. The Morgan fingerprint density at radius 2 is 2.05 bits per heavy atom. The number of hydrogen-bond donors (Lipinski definition) is 0. The van der Waals surface area contributed by atoms with E-state index in [-0.39, 0.29) is 11.9 Å². The van der Waals surface area contributed by atoms with Crippen molar-refractivity contribution in [2.45, 2.75) is 51.8 Å². The normalized spacial score (nSPS) is 21.6. The number of rotatable bonds is 4. The van der Waals surface area contributed by atoms with Crippen LogP contribution in [-0.2, 0) is 16.0 Å². The standard InChI is InChI=1S/C16H23NO2/c1-4-8-15(18)17-14(12-19-16(17,2)3)11-13-9-6-5-7-10-13/h5-7,9-10,14H,4,8,11-12H2,1-3H3/t14-/m0/s1. The minimum atomic E-state index is -0.480. The number of benzene rings is 1. The smallest absolute Gasteiger partial charge is 0.225 e. The van der Waals surface area contributed by atoms with Gasteiger partial charge in [-0.3, -0.25) is 4.79 Å². The molecule has 2 rings (SSSR count). The van der Waals surface area contributed by atoms with E-state index < -0.39 is 5.72 Å². The molecular formula is C16H23NO2. The molecule has 0 aliphatic carbocycles. The summed E-state index contributed by atoms with van der Waals surface area (Å²) >= 11 is 0. The van der Waals surface area contributed by atoms with Crippen LogP contribution in [0.25, 0.3) is 0 Å². The van der Waals surface area contributed by atoms with E-state index in [2.05, 4.69) is 12.1 Å². The van der Waals surface area contributed by atoms with Crippen LogP contribution < -0.4 is 0 Å². The maximum Gasteiger partial charge on any atom is 0.225 e. The average Bonchev–Trinajstić information content (AvgIpc) is 2.66. The zero-order valence-corrected chi connectivity index (χ0v) is 12.1. The average molecular weight is 261 g/mol. The molecule has 0 saturated carbocycles. The van der Waals surface area contributed by atoms with Gasteiger partial charge in [-0.1, -0.05) is 37.3 Å². The Labute approximate surface area is 115 Å². The molecule has 1 aromatic carbocycles. The van der Waals surface area contributed by atoms with Crippen molar-refractivity contribution < 1.29 is 9.53 Å². The van der Waals surface area contributed by atoms with Crippen molar-refractivity contribution in [3.05, 3.63) is 35.9 Å². The molecule has 1 aliphatic heterocycles.